The minimum absolute atomic E-state index is 0.0390. The van der Waals surface area contributed by atoms with Crippen LogP contribution in [0.15, 0.2) is 72.8 Å². The van der Waals surface area contributed by atoms with Crippen molar-refractivity contribution in [3.05, 3.63) is 95.2 Å². The van der Waals surface area contributed by atoms with Crippen LogP contribution in [0.1, 0.15) is 45.9 Å². The number of benzene rings is 3. The van der Waals surface area contributed by atoms with Gasteiger partial charge in [-0.05, 0) is 68.4 Å². The van der Waals surface area contributed by atoms with E-state index in [0.29, 0.717) is 30.3 Å². The van der Waals surface area contributed by atoms with Gasteiger partial charge in [0.25, 0.3) is 5.91 Å². The first-order chi connectivity index (χ1) is 21.5. The number of carbonyl (C=O) groups excluding carboxylic acids is 1. The van der Waals surface area contributed by atoms with Gasteiger partial charge >= 0.3 is 0 Å². The molecule has 0 bridgehead atoms. The van der Waals surface area contributed by atoms with E-state index in [1.807, 2.05) is 50.5 Å². The lowest BCUT2D eigenvalue weighted by Gasteiger charge is -2.22. The lowest BCUT2D eigenvalue weighted by molar-refractivity contribution is 0.0509. The summed E-state index contributed by atoms with van der Waals surface area (Å²) in [6.45, 7) is 3.00. The van der Waals surface area contributed by atoms with Gasteiger partial charge in [0.1, 0.15) is 17.2 Å². The molecule has 9 nitrogen and oxygen atoms in total. The number of para-hydroxylation sites is 1. The van der Waals surface area contributed by atoms with Crippen LogP contribution in [-0.2, 0) is 20.8 Å². The fourth-order valence-electron chi connectivity index (χ4n) is 5.79. The highest BCUT2D eigenvalue weighted by Gasteiger charge is 2.31. The number of nitrogens with one attached hydrogen (secondary N) is 1. The molecule has 0 aliphatic carbocycles. The average Bonchev–Trinajstić information content (AvgIpc) is 3.68. The molecule has 4 aromatic rings. The van der Waals surface area contributed by atoms with Crippen molar-refractivity contribution in [3.8, 4) is 11.5 Å². The van der Waals surface area contributed by atoms with Gasteiger partial charge in [0.15, 0.2) is 13.6 Å². The summed E-state index contributed by atoms with van der Waals surface area (Å²) in [6.07, 6.45) is 2.01. The largest absolute Gasteiger partial charge is 0.468 e. The van der Waals surface area contributed by atoms with E-state index in [1.165, 1.54) is 0 Å². The highest BCUT2D eigenvalue weighted by atomic mass is 16.7. The molecule has 0 radical (unpaired) electrons. The number of nitrogens with zero attached hydrogens (tertiary/aromatic N) is 2. The van der Waals surface area contributed by atoms with Crippen LogP contribution in [0.25, 0.3) is 10.9 Å². The van der Waals surface area contributed by atoms with Gasteiger partial charge in [0.2, 0.25) is 0 Å². The van der Waals surface area contributed by atoms with Crippen molar-refractivity contribution in [2.75, 3.05) is 61.6 Å². The molecular weight excluding hydrogens is 558 g/mol. The monoisotopic (exact) mass is 601 g/mol. The second-order valence-corrected chi connectivity index (χ2v) is 11.3. The molecule has 1 fully saturated rings. The molecule has 5 rings (SSSR count). The molecule has 1 amide bonds. The van der Waals surface area contributed by atoms with Crippen molar-refractivity contribution in [1.29, 1.82) is 0 Å². The molecule has 1 aliphatic heterocycles. The molecule has 0 spiro atoms. The second kappa shape index (κ2) is 15.2. The van der Waals surface area contributed by atoms with Crippen LogP contribution < -0.4 is 14.8 Å². The predicted molar refractivity (Wildman–Crippen MR) is 171 cm³/mol. The van der Waals surface area contributed by atoms with Crippen LogP contribution in [0, 0.1) is 0 Å². The molecule has 3 aromatic carbocycles. The maximum Gasteiger partial charge on any atom is 0.268 e. The normalized spacial score (nSPS) is 14.9. The average molecular weight is 602 g/mol. The van der Waals surface area contributed by atoms with Crippen molar-refractivity contribution in [3.63, 3.8) is 0 Å². The van der Waals surface area contributed by atoms with E-state index in [9.17, 15) is 4.79 Å². The van der Waals surface area contributed by atoms with Gasteiger partial charge in [-0.2, -0.15) is 0 Å². The van der Waals surface area contributed by atoms with Gasteiger partial charge in [-0.3, -0.25) is 4.79 Å². The smallest absolute Gasteiger partial charge is 0.268 e. The first-order valence-corrected chi connectivity index (χ1v) is 15.1. The minimum atomic E-state index is -0.253. The first-order valence-electron chi connectivity index (χ1n) is 15.1. The lowest BCUT2D eigenvalue weighted by atomic mass is 9.83. The molecule has 9 heteroatoms. The third-order valence-corrected chi connectivity index (χ3v) is 7.91. The molecule has 44 heavy (non-hydrogen) atoms. The van der Waals surface area contributed by atoms with E-state index < -0.39 is 0 Å². The van der Waals surface area contributed by atoms with E-state index >= 15 is 0 Å². The summed E-state index contributed by atoms with van der Waals surface area (Å²) in [7, 11) is 7.30. The number of methoxy groups -OCH3 is 2. The van der Waals surface area contributed by atoms with Gasteiger partial charge in [-0.25, -0.2) is 0 Å². The molecule has 1 saturated heterocycles. The summed E-state index contributed by atoms with van der Waals surface area (Å²) in [6, 6.07) is 24.3. The number of carbonyl (C=O) groups is 1. The summed E-state index contributed by atoms with van der Waals surface area (Å²) in [5.41, 5.74) is 4.71. The van der Waals surface area contributed by atoms with Gasteiger partial charge < -0.3 is 38.5 Å². The van der Waals surface area contributed by atoms with Crippen LogP contribution in [0.3, 0.4) is 0 Å². The van der Waals surface area contributed by atoms with Crippen LogP contribution in [0.2, 0.25) is 0 Å². The molecule has 0 saturated carbocycles. The fraction of sp³-hybridized carbons (Fsp3) is 0.400. The number of hydrogen-bond acceptors (Lipinski definition) is 7. The molecule has 1 aromatic heterocycles. The number of fused-ring (bicyclic) bond motifs is 1. The van der Waals surface area contributed by atoms with Crippen molar-refractivity contribution in [2.45, 2.75) is 31.4 Å². The highest BCUT2D eigenvalue weighted by Crippen LogP contribution is 2.41. The molecule has 1 unspecified atom stereocenters. The predicted octanol–water partition coefficient (Wildman–Crippen LogP) is 5.26. The first kappa shape index (κ1) is 31.5. The summed E-state index contributed by atoms with van der Waals surface area (Å²) < 4.78 is 29.6. The maximum absolute atomic E-state index is 14.3. The highest BCUT2D eigenvalue weighted by molar-refractivity contribution is 6.03. The fourth-order valence-corrected chi connectivity index (χ4v) is 5.79. The number of amides is 1. The number of rotatable bonds is 15. The molecule has 1 N–H and O–H groups in total. The standard InChI is InChI=1S/C35H43N3O6/c1-37(2)19-20-38-31-10-6-5-9-30(31)33(34(38)35(39)36-22-29-8-7-21-42-29)32(25-11-15-27(16-12-25)43-23-40-3)26-13-17-28(18-14-26)44-24-41-4/h5-6,9-18,29,32H,7-8,19-24H2,1-4H3,(H,36,39). The Bertz CT molecular complexity index is 1440. The van der Waals surface area contributed by atoms with Gasteiger partial charge in [0.05, 0.1) is 6.10 Å². The van der Waals surface area contributed by atoms with Crippen molar-refractivity contribution < 1.29 is 28.5 Å². The minimum Gasteiger partial charge on any atom is -0.468 e. The number of likely N-dealkylation sites (N-methyl/N-ethyl adjacent to an activating group) is 1. The van der Waals surface area contributed by atoms with E-state index in [4.69, 9.17) is 23.7 Å². The van der Waals surface area contributed by atoms with E-state index in [-0.39, 0.29) is 31.5 Å². The van der Waals surface area contributed by atoms with Crippen molar-refractivity contribution >= 4 is 16.8 Å². The summed E-state index contributed by atoms with van der Waals surface area (Å²) in [5.74, 6) is 1.06. The van der Waals surface area contributed by atoms with Crippen LogP contribution in [-0.4, -0.2) is 83.1 Å². The molecule has 234 valence electrons. The quantitative estimate of drug-likeness (QED) is 0.186. The molecule has 2 heterocycles. The Hall–Kier alpha value is -3.89. The summed E-state index contributed by atoms with van der Waals surface area (Å²) in [4.78, 5) is 16.4. The molecule has 1 aliphatic rings. The molecular formula is C35H43N3O6. The van der Waals surface area contributed by atoms with Crippen LogP contribution >= 0.6 is 0 Å². The number of hydrogen-bond donors (Lipinski definition) is 1. The lowest BCUT2D eigenvalue weighted by Crippen LogP contribution is -2.34. The summed E-state index contributed by atoms with van der Waals surface area (Å²) >= 11 is 0. The third kappa shape index (κ3) is 7.42. The van der Waals surface area contributed by atoms with Gasteiger partial charge in [-0.1, -0.05) is 42.5 Å². The second-order valence-electron chi connectivity index (χ2n) is 11.3. The zero-order chi connectivity index (χ0) is 30.9. The number of aromatic nitrogens is 1. The Balaban J connectivity index is 1.67. The Labute approximate surface area is 259 Å². The third-order valence-electron chi connectivity index (χ3n) is 7.91. The Morgan fingerprint density at radius 1 is 0.932 bits per heavy atom. The van der Waals surface area contributed by atoms with Crippen molar-refractivity contribution in [2.24, 2.45) is 0 Å². The zero-order valence-corrected chi connectivity index (χ0v) is 26.1. The Morgan fingerprint density at radius 3 is 2.09 bits per heavy atom. The summed E-state index contributed by atoms with van der Waals surface area (Å²) in [5, 5.41) is 4.27. The Morgan fingerprint density at radius 2 is 1.55 bits per heavy atom. The van der Waals surface area contributed by atoms with Crippen LogP contribution in [0.5, 0.6) is 11.5 Å². The van der Waals surface area contributed by atoms with E-state index in [0.717, 1.165) is 53.6 Å². The topological polar surface area (TPSA) is 83.4 Å². The number of ether oxygens (including phenoxy) is 5. The molecule has 1 atom stereocenters. The van der Waals surface area contributed by atoms with E-state index in [2.05, 4.69) is 51.2 Å². The van der Waals surface area contributed by atoms with Crippen LogP contribution in [0.4, 0.5) is 0 Å². The van der Waals surface area contributed by atoms with Crippen molar-refractivity contribution in [1.82, 2.24) is 14.8 Å². The van der Waals surface area contributed by atoms with Gasteiger partial charge in [-0.15, -0.1) is 0 Å². The van der Waals surface area contributed by atoms with Gasteiger partial charge in [0, 0.05) is 62.8 Å². The Kier molecular flexibility index (Phi) is 10.9. The zero-order valence-electron chi connectivity index (χ0n) is 26.1. The SMILES string of the molecule is COCOc1ccc(C(c2ccc(OCOC)cc2)c2c(C(=O)NCC3CCCO3)n(CCN(C)C)c3ccccc23)cc1. The maximum atomic E-state index is 14.3. The van der Waals surface area contributed by atoms with E-state index in [1.54, 1.807) is 14.2 Å².